The molecule has 2 saturated carbocycles. The average Bonchev–Trinajstić information content (AvgIpc) is 2.54. The van der Waals surface area contributed by atoms with Crippen molar-refractivity contribution in [3.8, 4) is 0 Å². The maximum absolute atomic E-state index is 10.9. The summed E-state index contributed by atoms with van der Waals surface area (Å²) in [5.74, 6) is 1.63. The fraction of sp³-hybridized carbons (Fsp3) is 0.909. The molecule has 0 bridgehead atoms. The molecule has 2 aliphatic carbocycles. The first kappa shape index (κ1) is 23.0. The summed E-state index contributed by atoms with van der Waals surface area (Å²) in [5, 5.41) is 0. The molecule has 0 spiro atoms. The highest BCUT2D eigenvalue weighted by atomic mass is 16.1. The lowest BCUT2D eigenvalue weighted by molar-refractivity contribution is -0.124. The van der Waals surface area contributed by atoms with Crippen LogP contribution >= 0.6 is 0 Å². The van der Waals surface area contributed by atoms with Crippen molar-refractivity contribution in [2.45, 2.75) is 92.9 Å². The van der Waals surface area contributed by atoms with Gasteiger partial charge in [-0.15, -0.1) is 0 Å². The number of nitrogens with two attached hydrogens (primary N) is 2. The molecular weight excluding hydrogens is 324 g/mol. The maximum Gasteiger partial charge on any atom is 0.220 e. The standard InChI is InChI=1S/2C11H21NO/c2*1-11(2,3)9-6-4-8(5-7-9)10(12)13/h2*8-9H,4-7H2,1-3H3,(H2,12,13). The lowest BCUT2D eigenvalue weighted by Gasteiger charge is -2.36. The molecule has 4 nitrogen and oxygen atoms in total. The minimum atomic E-state index is -0.104. The van der Waals surface area contributed by atoms with Gasteiger partial charge in [0, 0.05) is 11.8 Å². The minimum Gasteiger partial charge on any atom is -0.369 e. The molecule has 4 heteroatoms. The third kappa shape index (κ3) is 7.28. The molecule has 0 heterocycles. The van der Waals surface area contributed by atoms with Crippen molar-refractivity contribution in [2.24, 2.45) is 46.0 Å². The Balaban J connectivity index is 0.000000260. The minimum absolute atomic E-state index is 0.104. The van der Waals surface area contributed by atoms with E-state index >= 15 is 0 Å². The van der Waals surface area contributed by atoms with Gasteiger partial charge in [0.15, 0.2) is 0 Å². The first-order valence-corrected chi connectivity index (χ1v) is 10.4. The zero-order chi connectivity index (χ0) is 20.1. The van der Waals surface area contributed by atoms with Gasteiger partial charge in [-0.25, -0.2) is 0 Å². The highest BCUT2D eigenvalue weighted by Crippen LogP contribution is 2.40. The first-order chi connectivity index (χ1) is 11.8. The van der Waals surface area contributed by atoms with Crippen LogP contribution in [0.15, 0.2) is 0 Å². The van der Waals surface area contributed by atoms with Crippen molar-refractivity contribution in [1.29, 1.82) is 0 Å². The summed E-state index contributed by atoms with van der Waals surface area (Å²) in [5.41, 5.74) is 11.3. The molecule has 0 aliphatic heterocycles. The molecule has 0 aromatic heterocycles. The Labute approximate surface area is 160 Å². The molecule has 2 rings (SSSR count). The summed E-state index contributed by atoms with van der Waals surface area (Å²) in [7, 11) is 0. The van der Waals surface area contributed by atoms with E-state index < -0.39 is 0 Å². The summed E-state index contributed by atoms with van der Waals surface area (Å²) in [4.78, 5) is 21.9. The van der Waals surface area contributed by atoms with Crippen molar-refractivity contribution in [3.05, 3.63) is 0 Å². The maximum atomic E-state index is 10.9. The van der Waals surface area contributed by atoms with Crippen molar-refractivity contribution >= 4 is 11.8 Å². The topological polar surface area (TPSA) is 86.2 Å². The predicted octanol–water partition coefficient (Wildman–Crippen LogP) is 4.65. The molecule has 0 aromatic rings. The third-order valence-corrected chi connectivity index (χ3v) is 6.71. The van der Waals surface area contributed by atoms with Crippen LogP contribution in [0.1, 0.15) is 92.9 Å². The number of hydrogen-bond donors (Lipinski definition) is 2. The fourth-order valence-corrected chi connectivity index (χ4v) is 4.49. The first-order valence-electron chi connectivity index (χ1n) is 10.4. The Bertz CT molecular complexity index is 414. The Morgan fingerprint density at radius 1 is 0.577 bits per heavy atom. The molecule has 152 valence electrons. The van der Waals surface area contributed by atoms with Crippen LogP contribution in [0.2, 0.25) is 0 Å². The Morgan fingerprint density at radius 3 is 0.962 bits per heavy atom. The van der Waals surface area contributed by atoms with Crippen LogP contribution < -0.4 is 11.5 Å². The Kier molecular flexibility index (Phi) is 8.16. The van der Waals surface area contributed by atoms with Gasteiger partial charge < -0.3 is 11.5 Å². The highest BCUT2D eigenvalue weighted by molar-refractivity contribution is 5.77. The van der Waals surface area contributed by atoms with Gasteiger partial charge in [0.1, 0.15) is 0 Å². The molecule has 2 amide bonds. The van der Waals surface area contributed by atoms with E-state index in [4.69, 9.17) is 11.5 Å². The van der Waals surface area contributed by atoms with Gasteiger partial charge in [-0.1, -0.05) is 41.5 Å². The van der Waals surface area contributed by atoms with E-state index in [1.165, 1.54) is 0 Å². The predicted molar refractivity (Wildman–Crippen MR) is 108 cm³/mol. The van der Waals surface area contributed by atoms with Crippen molar-refractivity contribution in [3.63, 3.8) is 0 Å². The second-order valence-corrected chi connectivity index (χ2v) is 10.6. The van der Waals surface area contributed by atoms with E-state index in [-0.39, 0.29) is 23.7 Å². The highest BCUT2D eigenvalue weighted by Gasteiger charge is 2.32. The SMILES string of the molecule is CC(C)(C)C1CCC(C(N)=O)CC1.CC(C)(C)C1CCC(C(N)=O)CC1. The number of rotatable bonds is 2. The normalized spacial score (nSPS) is 30.1. The zero-order valence-corrected chi connectivity index (χ0v) is 17.9. The molecule has 26 heavy (non-hydrogen) atoms. The van der Waals surface area contributed by atoms with Crippen molar-refractivity contribution in [1.82, 2.24) is 0 Å². The van der Waals surface area contributed by atoms with Crippen molar-refractivity contribution < 1.29 is 9.59 Å². The number of carbonyl (C=O) groups is 2. The molecule has 4 N–H and O–H groups in total. The molecule has 2 fully saturated rings. The number of carbonyl (C=O) groups excluding carboxylic acids is 2. The van der Waals surface area contributed by atoms with E-state index in [2.05, 4.69) is 41.5 Å². The van der Waals surface area contributed by atoms with Crippen LogP contribution in [-0.4, -0.2) is 11.8 Å². The average molecular weight is 367 g/mol. The summed E-state index contributed by atoms with van der Waals surface area (Å²) >= 11 is 0. The van der Waals surface area contributed by atoms with Gasteiger partial charge >= 0.3 is 0 Å². The molecule has 0 aromatic carbocycles. The van der Waals surface area contributed by atoms with Crippen LogP contribution in [0, 0.1) is 34.5 Å². The van der Waals surface area contributed by atoms with Crippen LogP contribution in [0.5, 0.6) is 0 Å². The van der Waals surface area contributed by atoms with E-state index in [9.17, 15) is 9.59 Å². The second kappa shape index (κ2) is 9.23. The van der Waals surface area contributed by atoms with Crippen LogP contribution in [0.25, 0.3) is 0 Å². The quantitative estimate of drug-likeness (QED) is 0.745. The van der Waals surface area contributed by atoms with Crippen LogP contribution in [0.4, 0.5) is 0 Å². The summed E-state index contributed by atoms with van der Waals surface area (Å²) in [6, 6.07) is 0. The number of hydrogen-bond acceptors (Lipinski definition) is 2. The van der Waals surface area contributed by atoms with Crippen LogP contribution in [-0.2, 0) is 9.59 Å². The van der Waals surface area contributed by atoms with E-state index in [0.717, 1.165) is 63.2 Å². The van der Waals surface area contributed by atoms with E-state index in [1.54, 1.807) is 0 Å². The van der Waals surface area contributed by atoms with Gasteiger partial charge in [0.2, 0.25) is 11.8 Å². The Morgan fingerprint density at radius 2 is 0.808 bits per heavy atom. The van der Waals surface area contributed by atoms with Gasteiger partial charge in [-0.2, -0.15) is 0 Å². The van der Waals surface area contributed by atoms with Crippen molar-refractivity contribution in [2.75, 3.05) is 0 Å². The lowest BCUT2D eigenvalue weighted by atomic mass is 9.70. The number of amides is 2. The van der Waals surface area contributed by atoms with E-state index in [0.29, 0.717) is 10.8 Å². The zero-order valence-electron chi connectivity index (χ0n) is 17.9. The molecular formula is C22H42N2O2. The van der Waals surface area contributed by atoms with Gasteiger partial charge in [-0.3, -0.25) is 9.59 Å². The lowest BCUT2D eigenvalue weighted by Crippen LogP contribution is -2.31. The second-order valence-electron chi connectivity index (χ2n) is 10.6. The monoisotopic (exact) mass is 366 g/mol. The van der Waals surface area contributed by atoms with E-state index in [1.807, 2.05) is 0 Å². The Hall–Kier alpha value is -1.06. The van der Waals surface area contributed by atoms with Gasteiger partial charge in [0.25, 0.3) is 0 Å². The molecule has 0 saturated heterocycles. The van der Waals surface area contributed by atoms with Gasteiger partial charge in [0.05, 0.1) is 0 Å². The molecule has 0 unspecified atom stereocenters. The van der Waals surface area contributed by atoms with Crippen LogP contribution in [0.3, 0.4) is 0 Å². The smallest absolute Gasteiger partial charge is 0.220 e. The third-order valence-electron chi connectivity index (χ3n) is 6.71. The number of primary amides is 2. The van der Waals surface area contributed by atoms with Gasteiger partial charge in [-0.05, 0) is 74.0 Å². The molecule has 0 radical (unpaired) electrons. The fourth-order valence-electron chi connectivity index (χ4n) is 4.49. The summed E-state index contributed by atoms with van der Waals surface area (Å²) in [6.45, 7) is 13.7. The summed E-state index contributed by atoms with van der Waals surface area (Å²) in [6.07, 6.45) is 8.64. The largest absolute Gasteiger partial charge is 0.369 e. The molecule has 2 aliphatic rings. The summed E-state index contributed by atoms with van der Waals surface area (Å²) < 4.78 is 0. The molecule has 0 atom stereocenters.